The third kappa shape index (κ3) is 4.18. The molecule has 0 spiro atoms. The van der Waals surface area contributed by atoms with E-state index < -0.39 is 5.82 Å². The van der Waals surface area contributed by atoms with Crippen molar-refractivity contribution in [3.63, 3.8) is 0 Å². The number of rotatable bonds is 5. The fourth-order valence-corrected chi connectivity index (χ4v) is 4.71. The lowest BCUT2D eigenvalue weighted by molar-refractivity contribution is 0.0959. The maximum atomic E-state index is 13.6. The summed E-state index contributed by atoms with van der Waals surface area (Å²) in [5.41, 5.74) is 14.3. The van der Waals surface area contributed by atoms with Crippen molar-refractivity contribution < 1.29 is 9.18 Å². The molecule has 1 saturated heterocycles. The molecule has 3 heterocycles. The van der Waals surface area contributed by atoms with E-state index in [0.29, 0.717) is 27.6 Å². The zero-order chi connectivity index (χ0) is 20.4. The molecule has 29 heavy (non-hydrogen) atoms. The van der Waals surface area contributed by atoms with Gasteiger partial charge in [-0.05, 0) is 55.5 Å². The molecular formula is C21H24FN5OS. The third-order valence-electron chi connectivity index (χ3n) is 5.40. The minimum absolute atomic E-state index is 0.196. The Hall–Kier alpha value is -2.71. The number of nitrogens with two attached hydrogens (primary N) is 2. The normalized spacial score (nSPS) is 14.9. The minimum atomic E-state index is -0.637. The average molecular weight is 414 g/mol. The number of hydrogen-bond acceptors (Lipinski definition) is 6. The van der Waals surface area contributed by atoms with Crippen molar-refractivity contribution in [2.24, 2.45) is 0 Å². The van der Waals surface area contributed by atoms with Gasteiger partial charge in [-0.1, -0.05) is 24.3 Å². The molecule has 6 N–H and O–H groups in total. The highest BCUT2D eigenvalue weighted by Crippen LogP contribution is 2.33. The van der Waals surface area contributed by atoms with Crippen molar-refractivity contribution in [1.29, 1.82) is 0 Å². The minimum Gasteiger partial charge on any atom is -0.397 e. The molecule has 0 saturated carbocycles. The molecule has 8 heteroatoms. The van der Waals surface area contributed by atoms with Crippen molar-refractivity contribution in [3.8, 4) is 0 Å². The quantitative estimate of drug-likeness (QED) is 0.514. The highest BCUT2D eigenvalue weighted by molar-refractivity contribution is 7.21. The number of aromatic nitrogens is 1. The predicted octanol–water partition coefficient (Wildman–Crippen LogP) is 3.04. The van der Waals surface area contributed by atoms with Crippen LogP contribution in [0.25, 0.3) is 10.2 Å². The second kappa shape index (κ2) is 8.34. The van der Waals surface area contributed by atoms with Crippen LogP contribution in [0, 0.1) is 5.82 Å². The summed E-state index contributed by atoms with van der Waals surface area (Å²) in [6.45, 7) is 2.64. The fourth-order valence-electron chi connectivity index (χ4n) is 3.71. The Morgan fingerprint density at radius 3 is 2.69 bits per heavy atom. The zero-order valence-corrected chi connectivity index (χ0v) is 16.8. The van der Waals surface area contributed by atoms with Gasteiger partial charge in [-0.25, -0.2) is 9.37 Å². The molecule has 0 atom stereocenters. The lowest BCUT2D eigenvalue weighted by atomic mass is 9.89. The topological polar surface area (TPSA) is 106 Å². The van der Waals surface area contributed by atoms with Crippen LogP contribution in [0.4, 0.5) is 15.9 Å². The Bertz CT molecular complexity index is 1030. The van der Waals surface area contributed by atoms with E-state index in [1.807, 2.05) is 0 Å². The number of amides is 1. The molecule has 2 aromatic heterocycles. The molecule has 3 aromatic rings. The monoisotopic (exact) mass is 413 g/mol. The van der Waals surface area contributed by atoms with E-state index in [-0.39, 0.29) is 17.4 Å². The van der Waals surface area contributed by atoms with Gasteiger partial charge in [0.25, 0.3) is 5.91 Å². The molecule has 6 nitrogen and oxygen atoms in total. The summed E-state index contributed by atoms with van der Waals surface area (Å²) >= 11 is 1.12. The molecule has 1 aromatic carbocycles. The number of nitrogens with zero attached hydrogens (tertiary/aromatic N) is 1. The molecule has 0 unspecified atom stereocenters. The summed E-state index contributed by atoms with van der Waals surface area (Å²) < 4.78 is 13.6. The predicted molar refractivity (Wildman–Crippen MR) is 116 cm³/mol. The number of carbonyl (C=O) groups is 1. The van der Waals surface area contributed by atoms with E-state index in [4.69, 9.17) is 11.5 Å². The Morgan fingerprint density at radius 2 is 1.97 bits per heavy atom. The van der Waals surface area contributed by atoms with Crippen molar-refractivity contribution in [1.82, 2.24) is 15.6 Å². The number of carbonyl (C=O) groups excluding carboxylic acids is 1. The summed E-state index contributed by atoms with van der Waals surface area (Å²) in [6, 6.07) is 9.88. The summed E-state index contributed by atoms with van der Waals surface area (Å²) in [7, 11) is 0. The summed E-state index contributed by atoms with van der Waals surface area (Å²) in [5, 5.41) is 6.69. The molecule has 152 valence electrons. The Balaban J connectivity index is 1.36. The lowest BCUT2D eigenvalue weighted by Crippen LogP contribution is -2.26. The van der Waals surface area contributed by atoms with Crippen LogP contribution in [0.5, 0.6) is 0 Å². The number of anilines is 2. The van der Waals surface area contributed by atoms with E-state index >= 15 is 0 Å². The Kier molecular flexibility index (Phi) is 5.64. The average Bonchev–Trinajstić information content (AvgIpc) is 3.05. The number of fused-ring (bicyclic) bond motifs is 1. The van der Waals surface area contributed by atoms with E-state index in [0.717, 1.165) is 30.8 Å². The van der Waals surface area contributed by atoms with E-state index in [1.165, 1.54) is 30.0 Å². The molecule has 0 radical (unpaired) electrons. The van der Waals surface area contributed by atoms with Crippen molar-refractivity contribution in [2.75, 3.05) is 31.1 Å². The first-order chi connectivity index (χ1) is 14.0. The molecule has 1 amide bonds. The van der Waals surface area contributed by atoms with Crippen LogP contribution in [0.2, 0.25) is 0 Å². The number of nitrogens with one attached hydrogen (secondary N) is 2. The van der Waals surface area contributed by atoms with Gasteiger partial charge in [0, 0.05) is 11.9 Å². The number of thiophene rings is 1. The lowest BCUT2D eigenvalue weighted by Gasteiger charge is -2.23. The number of hydrogen-bond donors (Lipinski definition) is 4. The summed E-state index contributed by atoms with van der Waals surface area (Å²) in [5.74, 6) is -0.482. The summed E-state index contributed by atoms with van der Waals surface area (Å²) in [4.78, 5) is 17.3. The Morgan fingerprint density at radius 1 is 1.24 bits per heavy atom. The first-order valence-corrected chi connectivity index (χ1v) is 10.6. The van der Waals surface area contributed by atoms with Crippen LogP contribution in [0.15, 0.2) is 30.3 Å². The SMILES string of the molecule is Nc1nc2sc(C(=O)NCCc3ccc(C4CCNCC4)cc3)c(N)c2cc1F. The fraction of sp³-hybridized carbons (Fsp3) is 0.333. The van der Waals surface area contributed by atoms with Gasteiger partial charge in [0.1, 0.15) is 9.71 Å². The van der Waals surface area contributed by atoms with Crippen LogP contribution in [-0.4, -0.2) is 30.5 Å². The van der Waals surface area contributed by atoms with Crippen LogP contribution in [-0.2, 0) is 6.42 Å². The Labute approximate surface area is 172 Å². The van der Waals surface area contributed by atoms with Crippen LogP contribution in [0.1, 0.15) is 39.6 Å². The molecule has 0 bridgehead atoms. The molecular weight excluding hydrogens is 389 g/mol. The van der Waals surface area contributed by atoms with Gasteiger partial charge in [-0.3, -0.25) is 4.79 Å². The standard InChI is InChI=1S/C21H24FN5OS/c22-16-11-15-17(23)18(29-21(15)27-19(16)24)20(28)26-10-5-12-1-3-13(4-2-12)14-6-8-25-9-7-14/h1-4,11,14,25H,5-10,23H2,(H2,24,27)(H,26,28). The molecule has 4 rings (SSSR count). The van der Waals surface area contributed by atoms with Gasteiger partial charge in [-0.2, -0.15) is 0 Å². The maximum absolute atomic E-state index is 13.6. The van der Waals surface area contributed by atoms with Crippen LogP contribution < -0.4 is 22.1 Å². The van der Waals surface area contributed by atoms with Crippen LogP contribution in [0.3, 0.4) is 0 Å². The summed E-state index contributed by atoms with van der Waals surface area (Å²) in [6.07, 6.45) is 3.08. The smallest absolute Gasteiger partial charge is 0.263 e. The van der Waals surface area contributed by atoms with Crippen molar-refractivity contribution >= 4 is 39.0 Å². The largest absolute Gasteiger partial charge is 0.397 e. The molecule has 0 aliphatic carbocycles. The first kappa shape index (κ1) is 19.6. The van der Waals surface area contributed by atoms with Crippen molar-refractivity contribution in [2.45, 2.75) is 25.2 Å². The number of nitrogen functional groups attached to an aromatic ring is 2. The number of halogens is 1. The number of piperidine rings is 1. The third-order valence-corrected chi connectivity index (χ3v) is 6.51. The number of benzene rings is 1. The van der Waals surface area contributed by atoms with Gasteiger partial charge >= 0.3 is 0 Å². The first-order valence-electron chi connectivity index (χ1n) is 9.74. The van der Waals surface area contributed by atoms with E-state index in [2.05, 4.69) is 39.9 Å². The van der Waals surface area contributed by atoms with E-state index in [9.17, 15) is 9.18 Å². The number of pyridine rings is 1. The zero-order valence-electron chi connectivity index (χ0n) is 16.0. The molecule has 1 aliphatic rings. The van der Waals surface area contributed by atoms with Crippen LogP contribution >= 0.6 is 11.3 Å². The van der Waals surface area contributed by atoms with Gasteiger partial charge in [0.15, 0.2) is 11.6 Å². The van der Waals surface area contributed by atoms with Crippen molar-refractivity contribution in [3.05, 3.63) is 52.2 Å². The second-order valence-electron chi connectivity index (χ2n) is 7.32. The van der Waals surface area contributed by atoms with Gasteiger partial charge in [0.2, 0.25) is 0 Å². The molecule has 1 aliphatic heterocycles. The van der Waals surface area contributed by atoms with Gasteiger partial charge < -0.3 is 22.1 Å². The van der Waals surface area contributed by atoms with Gasteiger partial charge in [0.05, 0.1) is 5.69 Å². The molecule has 1 fully saturated rings. The van der Waals surface area contributed by atoms with E-state index in [1.54, 1.807) is 0 Å². The van der Waals surface area contributed by atoms with Gasteiger partial charge in [-0.15, -0.1) is 11.3 Å². The second-order valence-corrected chi connectivity index (χ2v) is 8.32. The highest BCUT2D eigenvalue weighted by Gasteiger charge is 2.19. The highest BCUT2D eigenvalue weighted by atomic mass is 32.1. The maximum Gasteiger partial charge on any atom is 0.263 e.